The van der Waals surface area contributed by atoms with Crippen molar-refractivity contribution in [2.45, 2.75) is 96.8 Å². The van der Waals surface area contributed by atoms with Gasteiger partial charge in [0.05, 0.1) is 0 Å². The lowest BCUT2D eigenvalue weighted by atomic mass is 9.68. The predicted molar refractivity (Wildman–Crippen MR) is 94.5 cm³/mol. The Morgan fingerprint density at radius 1 is 0.762 bits per heavy atom. The first-order valence-corrected chi connectivity index (χ1v) is 9.94. The number of hydrogen-bond donors (Lipinski definition) is 0. The van der Waals surface area contributed by atoms with Gasteiger partial charge in [-0.3, -0.25) is 0 Å². The average Bonchev–Trinajstić information content (AvgIpc) is 2.54. The quantitative estimate of drug-likeness (QED) is 0.329. The van der Waals surface area contributed by atoms with E-state index in [9.17, 15) is 0 Å². The molecule has 21 heavy (non-hydrogen) atoms. The summed E-state index contributed by atoms with van der Waals surface area (Å²) in [6.45, 7) is 6.19. The summed E-state index contributed by atoms with van der Waals surface area (Å²) in [5.74, 6) is 4.27. The van der Waals surface area contributed by atoms with Crippen LogP contribution in [0, 0.1) is 23.7 Å². The zero-order valence-electron chi connectivity index (χ0n) is 14.5. The van der Waals surface area contributed by atoms with Crippen LogP contribution in [-0.4, -0.2) is 0 Å². The van der Waals surface area contributed by atoms with Crippen LogP contribution in [0.15, 0.2) is 12.7 Å². The molecule has 122 valence electrons. The zero-order chi connectivity index (χ0) is 14.9. The van der Waals surface area contributed by atoms with Crippen LogP contribution < -0.4 is 0 Å². The van der Waals surface area contributed by atoms with Gasteiger partial charge in [0.2, 0.25) is 0 Å². The minimum atomic E-state index is 1.02. The van der Waals surface area contributed by atoms with Gasteiger partial charge < -0.3 is 0 Å². The molecule has 0 bridgehead atoms. The Bertz CT molecular complexity index is 264. The topological polar surface area (TPSA) is 0 Å². The van der Waals surface area contributed by atoms with Gasteiger partial charge >= 0.3 is 0 Å². The van der Waals surface area contributed by atoms with E-state index in [4.69, 9.17) is 0 Å². The average molecular weight is 291 g/mol. The monoisotopic (exact) mass is 290 g/mol. The van der Waals surface area contributed by atoms with Crippen molar-refractivity contribution in [3.05, 3.63) is 12.7 Å². The van der Waals surface area contributed by atoms with Crippen molar-refractivity contribution < 1.29 is 0 Å². The van der Waals surface area contributed by atoms with E-state index in [0.717, 1.165) is 23.7 Å². The summed E-state index contributed by atoms with van der Waals surface area (Å²) in [7, 11) is 0. The van der Waals surface area contributed by atoms with Crippen LogP contribution in [0.25, 0.3) is 0 Å². The third-order valence-corrected chi connectivity index (χ3v) is 6.44. The van der Waals surface area contributed by atoms with E-state index in [0.29, 0.717) is 0 Å². The van der Waals surface area contributed by atoms with Crippen molar-refractivity contribution in [2.75, 3.05) is 0 Å². The molecule has 2 fully saturated rings. The van der Waals surface area contributed by atoms with E-state index in [2.05, 4.69) is 19.6 Å². The molecular formula is C21H38. The standard InChI is InChI=1S/C21H38/c1-3-5-7-9-19-12-16-21(17-13-19)20-14-10-18(11-15-20)8-6-4-2/h4,18-21H,2-3,5-17H2,1H3. The fourth-order valence-electron chi connectivity index (χ4n) is 4.93. The fraction of sp³-hybridized carbons (Fsp3) is 0.905. The maximum atomic E-state index is 3.87. The van der Waals surface area contributed by atoms with E-state index < -0.39 is 0 Å². The second kappa shape index (κ2) is 9.70. The molecule has 0 heteroatoms. The maximum absolute atomic E-state index is 3.87. The van der Waals surface area contributed by atoms with Crippen molar-refractivity contribution in [3.8, 4) is 0 Å². The molecule has 0 aromatic rings. The highest BCUT2D eigenvalue weighted by Crippen LogP contribution is 2.43. The Kier molecular flexibility index (Phi) is 7.89. The van der Waals surface area contributed by atoms with Crippen LogP contribution in [-0.2, 0) is 0 Å². The van der Waals surface area contributed by atoms with Gasteiger partial charge in [-0.1, -0.05) is 64.4 Å². The first-order valence-electron chi connectivity index (χ1n) is 9.94. The summed E-state index contributed by atoms with van der Waals surface area (Å²) >= 11 is 0. The highest BCUT2D eigenvalue weighted by Gasteiger charge is 2.30. The summed E-state index contributed by atoms with van der Waals surface area (Å²) in [4.78, 5) is 0. The molecule has 0 saturated heterocycles. The van der Waals surface area contributed by atoms with Crippen LogP contribution in [0.5, 0.6) is 0 Å². The normalized spacial score (nSPS) is 33.8. The minimum absolute atomic E-state index is 1.02. The van der Waals surface area contributed by atoms with E-state index in [-0.39, 0.29) is 0 Å². The Balaban J connectivity index is 1.61. The Labute approximate surface area is 133 Å². The Morgan fingerprint density at radius 3 is 1.76 bits per heavy atom. The third kappa shape index (κ3) is 5.80. The van der Waals surface area contributed by atoms with E-state index >= 15 is 0 Å². The molecule has 0 aromatic heterocycles. The van der Waals surface area contributed by atoms with Gasteiger partial charge in [0.1, 0.15) is 0 Å². The lowest BCUT2D eigenvalue weighted by molar-refractivity contribution is 0.140. The molecule has 0 radical (unpaired) electrons. The molecule has 2 rings (SSSR count). The van der Waals surface area contributed by atoms with Gasteiger partial charge in [0, 0.05) is 0 Å². The second-order valence-electron chi connectivity index (χ2n) is 7.92. The molecule has 2 aliphatic carbocycles. The molecule has 0 heterocycles. The molecule has 0 spiro atoms. The van der Waals surface area contributed by atoms with Crippen molar-refractivity contribution in [2.24, 2.45) is 23.7 Å². The first-order chi connectivity index (χ1) is 10.3. The number of allylic oxidation sites excluding steroid dienone is 1. The molecule has 2 aliphatic rings. The van der Waals surface area contributed by atoms with Gasteiger partial charge in [0.15, 0.2) is 0 Å². The molecule has 0 aromatic carbocycles. The number of unbranched alkanes of at least 4 members (excludes halogenated alkanes) is 2. The zero-order valence-corrected chi connectivity index (χ0v) is 14.5. The Morgan fingerprint density at radius 2 is 1.29 bits per heavy atom. The molecule has 0 atom stereocenters. The van der Waals surface area contributed by atoms with Crippen molar-refractivity contribution in [1.29, 1.82) is 0 Å². The molecule has 0 amide bonds. The van der Waals surface area contributed by atoms with Crippen molar-refractivity contribution in [1.82, 2.24) is 0 Å². The molecule has 0 unspecified atom stereocenters. The molecular weight excluding hydrogens is 252 g/mol. The predicted octanol–water partition coefficient (Wildman–Crippen LogP) is 7.15. The van der Waals surface area contributed by atoms with Crippen molar-refractivity contribution >= 4 is 0 Å². The summed E-state index contributed by atoms with van der Waals surface area (Å²) in [6, 6.07) is 0. The Hall–Kier alpha value is -0.260. The lowest BCUT2D eigenvalue weighted by Crippen LogP contribution is -2.25. The third-order valence-electron chi connectivity index (χ3n) is 6.44. The van der Waals surface area contributed by atoms with Crippen LogP contribution in [0.1, 0.15) is 96.8 Å². The fourth-order valence-corrected chi connectivity index (χ4v) is 4.93. The maximum Gasteiger partial charge on any atom is -0.0351 e. The summed E-state index contributed by atoms with van der Waals surface area (Å²) < 4.78 is 0. The lowest BCUT2D eigenvalue weighted by Gasteiger charge is -2.38. The SMILES string of the molecule is C=CCCC1CCC(C2CCC(CCCCC)CC2)CC1. The van der Waals surface area contributed by atoms with Crippen LogP contribution in [0.3, 0.4) is 0 Å². The van der Waals surface area contributed by atoms with Gasteiger partial charge in [-0.05, 0) is 62.2 Å². The number of hydrogen-bond acceptors (Lipinski definition) is 0. The highest BCUT2D eigenvalue weighted by atomic mass is 14.4. The minimum Gasteiger partial charge on any atom is -0.103 e. The smallest absolute Gasteiger partial charge is 0.0351 e. The van der Waals surface area contributed by atoms with Crippen LogP contribution in [0.2, 0.25) is 0 Å². The van der Waals surface area contributed by atoms with Crippen LogP contribution in [0.4, 0.5) is 0 Å². The molecule has 2 saturated carbocycles. The molecule has 0 nitrogen and oxygen atoms in total. The molecule has 0 N–H and O–H groups in total. The first kappa shape index (κ1) is 17.1. The number of rotatable bonds is 8. The van der Waals surface area contributed by atoms with E-state index in [1.807, 2.05) is 0 Å². The van der Waals surface area contributed by atoms with E-state index in [1.165, 1.54) is 64.2 Å². The summed E-state index contributed by atoms with van der Waals surface area (Å²) in [5, 5.41) is 0. The van der Waals surface area contributed by atoms with Crippen LogP contribution >= 0.6 is 0 Å². The largest absolute Gasteiger partial charge is 0.103 e. The van der Waals surface area contributed by atoms with Gasteiger partial charge in [-0.2, -0.15) is 0 Å². The molecule has 0 aliphatic heterocycles. The van der Waals surface area contributed by atoms with Crippen molar-refractivity contribution in [3.63, 3.8) is 0 Å². The second-order valence-corrected chi connectivity index (χ2v) is 7.92. The van der Waals surface area contributed by atoms with E-state index in [1.54, 1.807) is 25.7 Å². The highest BCUT2D eigenvalue weighted by molar-refractivity contribution is 4.83. The van der Waals surface area contributed by atoms with Gasteiger partial charge in [-0.25, -0.2) is 0 Å². The van der Waals surface area contributed by atoms with Gasteiger partial charge in [0.25, 0.3) is 0 Å². The summed E-state index contributed by atoms with van der Waals surface area (Å²) in [5.41, 5.74) is 0. The van der Waals surface area contributed by atoms with Gasteiger partial charge in [-0.15, -0.1) is 6.58 Å². The summed E-state index contributed by atoms with van der Waals surface area (Å²) in [6.07, 6.45) is 22.9.